The molecule has 2 fully saturated rings. The Morgan fingerprint density at radius 2 is 2.00 bits per heavy atom. The second-order valence-electron chi connectivity index (χ2n) is 11.2. The average Bonchev–Trinajstić information content (AvgIpc) is 3.70. The number of carbonyl (C=O) groups is 1. The molecule has 0 bridgehead atoms. The van der Waals surface area contributed by atoms with E-state index in [0.717, 1.165) is 56.5 Å². The van der Waals surface area contributed by atoms with Gasteiger partial charge in [-0.25, -0.2) is 4.79 Å². The quantitative estimate of drug-likeness (QED) is 0.306. The number of urea groups is 1. The first-order valence-corrected chi connectivity index (χ1v) is 14.0. The summed E-state index contributed by atoms with van der Waals surface area (Å²) >= 11 is 0. The monoisotopic (exact) mass is 503 g/mol. The molecule has 1 saturated carbocycles. The van der Waals surface area contributed by atoms with Crippen LogP contribution >= 0.6 is 0 Å². The molecule has 204 valence electrons. The van der Waals surface area contributed by atoms with Gasteiger partial charge in [0.25, 0.3) is 0 Å². The van der Waals surface area contributed by atoms with E-state index < -0.39 is 5.60 Å². The predicted octanol–water partition coefficient (Wildman–Crippen LogP) is 4.54. The van der Waals surface area contributed by atoms with E-state index in [0.29, 0.717) is 38.0 Å². The zero-order valence-electron chi connectivity index (χ0n) is 22.9. The van der Waals surface area contributed by atoms with Gasteiger partial charge in [-0.2, -0.15) is 0 Å². The number of rotatable bonds is 15. The summed E-state index contributed by atoms with van der Waals surface area (Å²) in [6.45, 7) is 7.75. The van der Waals surface area contributed by atoms with E-state index in [1.807, 2.05) is 36.2 Å². The molecule has 0 radical (unpaired) electrons. The average molecular weight is 504 g/mol. The van der Waals surface area contributed by atoms with Gasteiger partial charge >= 0.3 is 6.03 Å². The number of methoxy groups -OCH3 is 1. The van der Waals surface area contributed by atoms with Crippen molar-refractivity contribution < 1.29 is 19.4 Å². The number of hydrogen-bond acceptors (Lipinski definition) is 5. The largest absolute Gasteiger partial charge is 0.493 e. The molecule has 7 nitrogen and oxygen atoms in total. The molecule has 2 amide bonds. The van der Waals surface area contributed by atoms with E-state index in [1.54, 1.807) is 7.11 Å². The zero-order valence-corrected chi connectivity index (χ0v) is 22.9. The van der Waals surface area contributed by atoms with E-state index >= 15 is 0 Å². The number of nitrogens with zero attached hydrogens (tertiary/aromatic N) is 1. The van der Waals surface area contributed by atoms with Crippen LogP contribution in [0.15, 0.2) is 24.3 Å². The van der Waals surface area contributed by atoms with Crippen LogP contribution in [0.4, 0.5) is 4.79 Å². The van der Waals surface area contributed by atoms with Crippen molar-refractivity contribution in [1.29, 1.82) is 0 Å². The van der Waals surface area contributed by atoms with E-state index in [1.165, 1.54) is 12.8 Å². The molecular formula is C29H49N3O4. The number of nitrogens with one attached hydrogen (secondary N) is 2. The smallest absolute Gasteiger partial charge is 0.317 e. The topological polar surface area (TPSA) is 83.1 Å². The highest BCUT2D eigenvalue weighted by Crippen LogP contribution is 2.44. The van der Waals surface area contributed by atoms with Gasteiger partial charge in [0.15, 0.2) is 0 Å². The number of amides is 2. The molecular weight excluding hydrogens is 454 g/mol. The van der Waals surface area contributed by atoms with Crippen LogP contribution in [0.1, 0.15) is 70.8 Å². The van der Waals surface area contributed by atoms with Crippen LogP contribution in [0.3, 0.4) is 0 Å². The third kappa shape index (κ3) is 8.35. The summed E-state index contributed by atoms with van der Waals surface area (Å²) in [6.07, 6.45) is 7.50. The molecule has 7 heteroatoms. The Balaban J connectivity index is 1.77. The van der Waals surface area contributed by atoms with Crippen LogP contribution in [0.25, 0.3) is 0 Å². The fraction of sp³-hybridized carbons (Fsp3) is 0.759. The lowest BCUT2D eigenvalue weighted by Gasteiger charge is -2.43. The number of likely N-dealkylation sites (N-methyl/N-ethyl adjacent to an activating group) is 1. The highest BCUT2D eigenvalue weighted by molar-refractivity contribution is 5.74. The summed E-state index contributed by atoms with van der Waals surface area (Å²) < 4.78 is 11.5. The minimum Gasteiger partial charge on any atom is -0.493 e. The van der Waals surface area contributed by atoms with Crippen molar-refractivity contribution in [2.24, 2.45) is 17.8 Å². The van der Waals surface area contributed by atoms with Crippen LogP contribution in [0.2, 0.25) is 0 Å². The van der Waals surface area contributed by atoms with Gasteiger partial charge in [0.2, 0.25) is 0 Å². The van der Waals surface area contributed by atoms with Crippen molar-refractivity contribution in [3.8, 4) is 5.75 Å². The van der Waals surface area contributed by atoms with Crippen LogP contribution in [-0.2, 0) is 10.3 Å². The van der Waals surface area contributed by atoms with Crippen molar-refractivity contribution in [2.75, 3.05) is 47.0 Å². The fourth-order valence-electron chi connectivity index (χ4n) is 5.47. The lowest BCUT2D eigenvalue weighted by atomic mass is 9.73. The minimum absolute atomic E-state index is 0.0272. The molecule has 1 saturated heterocycles. The van der Waals surface area contributed by atoms with Gasteiger partial charge in [-0.05, 0) is 76.3 Å². The predicted molar refractivity (Wildman–Crippen MR) is 144 cm³/mol. The molecule has 3 rings (SSSR count). The number of benzene rings is 1. The van der Waals surface area contributed by atoms with Gasteiger partial charge in [0.1, 0.15) is 5.75 Å². The van der Waals surface area contributed by atoms with Gasteiger partial charge in [-0.15, -0.1) is 0 Å². The highest BCUT2D eigenvalue weighted by Gasteiger charge is 2.43. The molecule has 3 N–H and O–H groups in total. The summed E-state index contributed by atoms with van der Waals surface area (Å²) in [5.41, 5.74) is -0.196. The lowest BCUT2D eigenvalue weighted by Crippen LogP contribution is -2.54. The molecule has 0 spiro atoms. The third-order valence-electron chi connectivity index (χ3n) is 7.60. The van der Waals surface area contributed by atoms with Crippen molar-refractivity contribution in [3.63, 3.8) is 0 Å². The van der Waals surface area contributed by atoms with E-state index in [4.69, 9.17) is 9.47 Å². The van der Waals surface area contributed by atoms with E-state index in [2.05, 4.69) is 24.5 Å². The van der Waals surface area contributed by atoms with Gasteiger partial charge in [0.05, 0.1) is 12.2 Å². The summed E-state index contributed by atoms with van der Waals surface area (Å²) in [7, 11) is 3.63. The number of likely N-dealkylation sites (tertiary alicyclic amines) is 1. The molecule has 3 atom stereocenters. The summed E-state index contributed by atoms with van der Waals surface area (Å²) in [4.78, 5) is 15.2. The van der Waals surface area contributed by atoms with Crippen molar-refractivity contribution >= 4 is 6.03 Å². The van der Waals surface area contributed by atoms with Crippen LogP contribution in [0.5, 0.6) is 5.75 Å². The first-order valence-electron chi connectivity index (χ1n) is 14.0. The normalized spacial score (nSPS) is 20.7. The Hall–Kier alpha value is -1.83. The minimum atomic E-state index is -1.06. The zero-order chi connectivity index (χ0) is 26.0. The first kappa shape index (κ1) is 28.7. The Kier molecular flexibility index (Phi) is 11.3. The number of ether oxygens (including phenoxy) is 2. The maximum atomic E-state index is 13.3. The standard InChI is InChI=1S/C29H49N3O4/c1-22(2)18-25(19-30-3)31-28(33)32-16-9-10-24(20-32)29(34,15-7-8-17-35-4)26-11-5-6-12-27(26)36-21-23-13-14-23/h5-6,11-12,22-25,30,34H,7-10,13-21H2,1-4H3,(H,31,33)/t24-,25+,29+/m1/s1. The third-order valence-corrected chi connectivity index (χ3v) is 7.60. The van der Waals surface area contributed by atoms with Crippen LogP contribution in [0, 0.1) is 17.8 Å². The Morgan fingerprint density at radius 1 is 1.22 bits per heavy atom. The second-order valence-corrected chi connectivity index (χ2v) is 11.2. The number of para-hydroxylation sites is 1. The number of aliphatic hydroxyl groups is 1. The number of unbranched alkanes of at least 4 members (excludes halogenated alkanes) is 1. The van der Waals surface area contributed by atoms with Gasteiger partial charge in [-0.1, -0.05) is 32.0 Å². The summed E-state index contributed by atoms with van der Waals surface area (Å²) in [6, 6.07) is 8.03. The summed E-state index contributed by atoms with van der Waals surface area (Å²) in [5, 5.41) is 18.8. The lowest BCUT2D eigenvalue weighted by molar-refractivity contribution is -0.0580. The fourth-order valence-corrected chi connectivity index (χ4v) is 5.47. The molecule has 0 aromatic heterocycles. The van der Waals surface area contributed by atoms with E-state index in [9.17, 15) is 9.90 Å². The van der Waals surface area contributed by atoms with Crippen molar-refractivity contribution in [3.05, 3.63) is 29.8 Å². The van der Waals surface area contributed by atoms with Gasteiger partial charge in [-0.3, -0.25) is 0 Å². The van der Waals surface area contributed by atoms with Crippen LogP contribution in [-0.4, -0.2) is 69.1 Å². The second kappa shape index (κ2) is 14.2. The number of piperidine rings is 1. The van der Waals surface area contributed by atoms with Crippen molar-refractivity contribution in [1.82, 2.24) is 15.5 Å². The number of carbonyl (C=O) groups excluding carboxylic acids is 1. The van der Waals surface area contributed by atoms with E-state index in [-0.39, 0.29) is 18.0 Å². The van der Waals surface area contributed by atoms with Crippen LogP contribution < -0.4 is 15.4 Å². The summed E-state index contributed by atoms with van der Waals surface area (Å²) in [5.74, 6) is 1.87. The van der Waals surface area contributed by atoms with Gasteiger partial charge in [0, 0.05) is 50.9 Å². The number of hydrogen-bond donors (Lipinski definition) is 3. The Bertz CT molecular complexity index is 800. The van der Waals surface area contributed by atoms with Gasteiger partial charge < -0.3 is 30.1 Å². The molecule has 1 aliphatic heterocycles. The van der Waals surface area contributed by atoms with Crippen molar-refractivity contribution in [2.45, 2.75) is 76.9 Å². The molecule has 36 heavy (non-hydrogen) atoms. The Labute approximate surface area is 218 Å². The molecule has 2 aliphatic rings. The Morgan fingerprint density at radius 3 is 2.69 bits per heavy atom. The maximum absolute atomic E-state index is 13.3. The first-order chi connectivity index (χ1) is 17.4. The molecule has 1 aromatic rings. The molecule has 1 heterocycles. The molecule has 0 unspecified atom stereocenters. The molecule has 1 aromatic carbocycles. The molecule has 1 aliphatic carbocycles. The highest BCUT2D eigenvalue weighted by atomic mass is 16.5. The maximum Gasteiger partial charge on any atom is 0.317 e. The SMILES string of the molecule is CNC[C@H](CC(C)C)NC(=O)N1CCC[C@@H]([C@@](O)(CCCCOC)c2ccccc2OCC2CC2)C1.